The number of hydrogen-bond donors (Lipinski definition) is 3. The zero-order chi connectivity index (χ0) is 9.26. The van der Waals surface area contributed by atoms with Crippen molar-refractivity contribution >= 4 is 22.9 Å². The number of H-pyrrole nitrogens is 1. The first-order valence-corrected chi connectivity index (χ1v) is 3.72. The maximum absolute atomic E-state index is 8.32. The minimum atomic E-state index is 0.475. The van der Waals surface area contributed by atoms with Gasteiger partial charge in [-0.05, 0) is 17.7 Å². The summed E-state index contributed by atoms with van der Waals surface area (Å²) >= 11 is 0. The lowest BCUT2D eigenvalue weighted by Crippen LogP contribution is -1.84. The number of benzene rings is 1. The van der Waals surface area contributed by atoms with Crippen LogP contribution in [0.4, 0.5) is 5.82 Å². The highest BCUT2D eigenvalue weighted by Gasteiger charge is 2.00. The Labute approximate surface area is 73.9 Å². The van der Waals surface area contributed by atoms with E-state index in [0.717, 1.165) is 16.5 Å². The second-order valence-corrected chi connectivity index (χ2v) is 2.66. The van der Waals surface area contributed by atoms with Crippen molar-refractivity contribution in [1.29, 1.82) is 0 Å². The molecule has 4 N–H and O–H groups in total. The van der Waals surface area contributed by atoms with Gasteiger partial charge in [-0.25, -0.2) is 0 Å². The van der Waals surface area contributed by atoms with Crippen LogP contribution in [0.5, 0.6) is 0 Å². The first kappa shape index (κ1) is 7.60. The van der Waals surface area contributed by atoms with Crippen LogP contribution in [0.15, 0.2) is 23.4 Å². The molecule has 1 aromatic carbocycles. The molecule has 66 valence electrons. The van der Waals surface area contributed by atoms with E-state index in [2.05, 4.69) is 15.4 Å². The van der Waals surface area contributed by atoms with Gasteiger partial charge in [-0.2, -0.15) is 5.10 Å². The van der Waals surface area contributed by atoms with Gasteiger partial charge in [0.2, 0.25) is 0 Å². The standard InChI is InChI=1S/C8H8N4O/c9-8-6-2-1-5(4-10-13)3-7(6)11-12-8/h1-4,13H,(H3,9,11,12)/b10-4-. The number of aromatic nitrogens is 2. The molecule has 0 unspecified atom stereocenters. The number of fused-ring (bicyclic) bond motifs is 1. The lowest BCUT2D eigenvalue weighted by molar-refractivity contribution is 0.322. The monoisotopic (exact) mass is 176 g/mol. The highest BCUT2D eigenvalue weighted by Crippen LogP contribution is 2.17. The van der Waals surface area contributed by atoms with E-state index in [-0.39, 0.29) is 0 Å². The Kier molecular flexibility index (Phi) is 1.63. The topological polar surface area (TPSA) is 87.3 Å². The largest absolute Gasteiger partial charge is 0.411 e. The number of nitrogens with zero attached hydrogens (tertiary/aromatic N) is 2. The molecular formula is C8H8N4O. The summed E-state index contributed by atoms with van der Waals surface area (Å²) in [5.41, 5.74) is 7.19. The number of oxime groups is 1. The van der Waals surface area contributed by atoms with Crippen molar-refractivity contribution in [3.05, 3.63) is 23.8 Å². The molecule has 0 saturated heterocycles. The summed E-state index contributed by atoms with van der Waals surface area (Å²) in [4.78, 5) is 0. The van der Waals surface area contributed by atoms with Crippen molar-refractivity contribution in [2.45, 2.75) is 0 Å². The molecule has 0 aliphatic carbocycles. The van der Waals surface area contributed by atoms with E-state index in [1.54, 1.807) is 12.1 Å². The molecule has 5 heteroatoms. The predicted octanol–water partition coefficient (Wildman–Crippen LogP) is 0.953. The first-order chi connectivity index (χ1) is 6.31. The lowest BCUT2D eigenvalue weighted by Gasteiger charge is -1.91. The van der Waals surface area contributed by atoms with Crippen LogP contribution in [0.2, 0.25) is 0 Å². The van der Waals surface area contributed by atoms with Crippen LogP contribution >= 0.6 is 0 Å². The SMILES string of the molecule is Nc1n[nH]c2cc(/C=N\O)ccc12. The van der Waals surface area contributed by atoms with Crippen molar-refractivity contribution in [3.8, 4) is 0 Å². The highest BCUT2D eigenvalue weighted by atomic mass is 16.4. The Morgan fingerprint density at radius 2 is 2.38 bits per heavy atom. The number of nitrogens with one attached hydrogen (secondary N) is 1. The van der Waals surface area contributed by atoms with Gasteiger partial charge in [-0.1, -0.05) is 11.2 Å². The molecule has 0 atom stereocenters. The molecule has 1 aromatic heterocycles. The van der Waals surface area contributed by atoms with Crippen molar-refractivity contribution in [1.82, 2.24) is 10.2 Å². The molecule has 5 nitrogen and oxygen atoms in total. The van der Waals surface area contributed by atoms with Gasteiger partial charge >= 0.3 is 0 Å². The summed E-state index contributed by atoms with van der Waals surface area (Å²) in [5.74, 6) is 0.475. The molecule has 2 rings (SSSR count). The smallest absolute Gasteiger partial charge is 0.153 e. The quantitative estimate of drug-likeness (QED) is 0.343. The molecule has 13 heavy (non-hydrogen) atoms. The number of hydrogen-bond acceptors (Lipinski definition) is 4. The van der Waals surface area contributed by atoms with E-state index in [9.17, 15) is 0 Å². The van der Waals surface area contributed by atoms with Crippen molar-refractivity contribution < 1.29 is 5.21 Å². The van der Waals surface area contributed by atoms with E-state index < -0.39 is 0 Å². The summed E-state index contributed by atoms with van der Waals surface area (Å²) < 4.78 is 0. The molecule has 2 aromatic rings. The fraction of sp³-hybridized carbons (Fsp3) is 0. The molecule has 0 radical (unpaired) electrons. The molecule has 0 spiro atoms. The van der Waals surface area contributed by atoms with Gasteiger partial charge in [-0.15, -0.1) is 0 Å². The van der Waals surface area contributed by atoms with Crippen LogP contribution < -0.4 is 5.73 Å². The number of anilines is 1. The molecule has 0 saturated carbocycles. The summed E-state index contributed by atoms with van der Waals surface area (Å²) in [5, 5.41) is 18.7. The van der Waals surface area contributed by atoms with E-state index in [0.29, 0.717) is 5.82 Å². The van der Waals surface area contributed by atoms with Crippen LogP contribution in [0.1, 0.15) is 5.56 Å². The second-order valence-electron chi connectivity index (χ2n) is 2.66. The van der Waals surface area contributed by atoms with Gasteiger partial charge in [0.05, 0.1) is 11.7 Å². The van der Waals surface area contributed by atoms with E-state index in [1.165, 1.54) is 6.21 Å². The minimum absolute atomic E-state index is 0.475. The van der Waals surface area contributed by atoms with Gasteiger partial charge in [0.25, 0.3) is 0 Å². The zero-order valence-corrected chi connectivity index (χ0v) is 6.73. The van der Waals surface area contributed by atoms with Crippen LogP contribution in [-0.4, -0.2) is 21.6 Å². The third kappa shape index (κ3) is 1.20. The lowest BCUT2D eigenvalue weighted by atomic mass is 10.2. The summed E-state index contributed by atoms with van der Waals surface area (Å²) in [6.45, 7) is 0. The number of nitrogens with two attached hydrogens (primary N) is 1. The fourth-order valence-corrected chi connectivity index (χ4v) is 1.21. The van der Waals surface area contributed by atoms with Crippen LogP contribution in [0.25, 0.3) is 10.9 Å². The maximum Gasteiger partial charge on any atom is 0.153 e. The van der Waals surface area contributed by atoms with Gasteiger partial charge in [0.1, 0.15) is 0 Å². The average molecular weight is 176 g/mol. The Hall–Kier alpha value is -2.04. The Morgan fingerprint density at radius 1 is 1.54 bits per heavy atom. The Balaban J connectivity index is 2.63. The van der Waals surface area contributed by atoms with Crippen LogP contribution in [-0.2, 0) is 0 Å². The van der Waals surface area contributed by atoms with Gasteiger partial charge < -0.3 is 10.9 Å². The summed E-state index contributed by atoms with van der Waals surface area (Å²) in [6, 6.07) is 5.43. The van der Waals surface area contributed by atoms with E-state index in [1.807, 2.05) is 6.07 Å². The zero-order valence-electron chi connectivity index (χ0n) is 6.73. The summed E-state index contributed by atoms with van der Waals surface area (Å²) in [7, 11) is 0. The van der Waals surface area contributed by atoms with Crippen LogP contribution in [0, 0.1) is 0 Å². The first-order valence-electron chi connectivity index (χ1n) is 3.72. The highest BCUT2D eigenvalue weighted by molar-refractivity contribution is 5.93. The molecule has 0 aliphatic heterocycles. The normalized spacial score (nSPS) is 11.4. The fourth-order valence-electron chi connectivity index (χ4n) is 1.21. The van der Waals surface area contributed by atoms with Crippen molar-refractivity contribution in [2.24, 2.45) is 5.16 Å². The van der Waals surface area contributed by atoms with Gasteiger partial charge in [0, 0.05) is 5.39 Å². The molecular weight excluding hydrogens is 168 g/mol. The third-order valence-corrected chi connectivity index (χ3v) is 1.82. The molecule has 0 fully saturated rings. The Bertz CT molecular complexity index is 460. The average Bonchev–Trinajstić information content (AvgIpc) is 2.48. The predicted molar refractivity (Wildman–Crippen MR) is 49.9 cm³/mol. The molecule has 0 bridgehead atoms. The third-order valence-electron chi connectivity index (χ3n) is 1.82. The molecule has 0 amide bonds. The van der Waals surface area contributed by atoms with Crippen LogP contribution in [0.3, 0.4) is 0 Å². The van der Waals surface area contributed by atoms with Gasteiger partial charge in [-0.3, -0.25) is 5.10 Å². The molecule has 0 aliphatic rings. The Morgan fingerprint density at radius 3 is 3.15 bits per heavy atom. The second kappa shape index (κ2) is 2.78. The number of aromatic amines is 1. The van der Waals surface area contributed by atoms with E-state index >= 15 is 0 Å². The number of rotatable bonds is 1. The molecule has 1 heterocycles. The summed E-state index contributed by atoms with van der Waals surface area (Å²) in [6.07, 6.45) is 1.34. The minimum Gasteiger partial charge on any atom is -0.411 e. The van der Waals surface area contributed by atoms with E-state index in [4.69, 9.17) is 10.9 Å². The maximum atomic E-state index is 8.32. The number of nitrogen functional groups attached to an aromatic ring is 1. The van der Waals surface area contributed by atoms with Gasteiger partial charge in [0.15, 0.2) is 5.82 Å². The van der Waals surface area contributed by atoms with Crippen molar-refractivity contribution in [2.75, 3.05) is 5.73 Å². The van der Waals surface area contributed by atoms with Crippen molar-refractivity contribution in [3.63, 3.8) is 0 Å².